The molecule has 4 nitrogen and oxygen atoms in total. The van der Waals surface area contributed by atoms with Gasteiger partial charge in [-0.05, 0) is 20.8 Å². The lowest BCUT2D eigenvalue weighted by Gasteiger charge is -2.37. The highest BCUT2D eigenvalue weighted by atomic mass is 32.2. The zero-order valence-corrected chi connectivity index (χ0v) is 8.90. The molecule has 5 heteroatoms. The predicted octanol–water partition coefficient (Wildman–Crippen LogP) is 0.331. The van der Waals surface area contributed by atoms with E-state index in [0.29, 0.717) is 13.2 Å². The minimum atomic E-state index is -1.21. The average molecular weight is 202 g/mol. The van der Waals surface area contributed by atoms with Gasteiger partial charge in [-0.3, -0.25) is 0 Å². The van der Waals surface area contributed by atoms with Crippen LogP contribution >= 0.6 is 0 Å². The number of nitrogens with one attached hydrogen (secondary N) is 1. The maximum absolute atomic E-state index is 11.6. The van der Waals surface area contributed by atoms with Crippen molar-refractivity contribution in [1.29, 1.82) is 5.26 Å². The fraction of sp³-hybridized carbons (Fsp3) is 0.875. The van der Waals surface area contributed by atoms with Gasteiger partial charge in [0.1, 0.15) is 4.75 Å². The molecule has 0 bridgehead atoms. The van der Waals surface area contributed by atoms with E-state index in [9.17, 15) is 4.55 Å². The summed E-state index contributed by atoms with van der Waals surface area (Å²) in [5, 5.41) is 8.82. The predicted molar refractivity (Wildman–Crippen MR) is 50.2 cm³/mol. The molecule has 1 atom stereocenters. The van der Waals surface area contributed by atoms with E-state index in [1.165, 1.54) is 0 Å². The summed E-state index contributed by atoms with van der Waals surface area (Å²) < 4.78 is 19.0. The zero-order chi connectivity index (χ0) is 10.1. The summed E-state index contributed by atoms with van der Waals surface area (Å²) in [7, 11) is 0. The van der Waals surface area contributed by atoms with Crippen LogP contribution in [0.3, 0.4) is 0 Å². The zero-order valence-electron chi connectivity index (χ0n) is 8.09. The van der Waals surface area contributed by atoms with Crippen LogP contribution in [0, 0.1) is 11.3 Å². The Morgan fingerprint density at radius 1 is 1.54 bits per heavy atom. The van der Waals surface area contributed by atoms with Crippen LogP contribution in [0.15, 0.2) is 0 Å². The SMILES string of the molecule is CC(C)(C)[S@+]([O-])NC1(C#N)COC1. The maximum Gasteiger partial charge on any atom is 0.195 e. The van der Waals surface area contributed by atoms with Crippen molar-refractivity contribution >= 4 is 11.4 Å². The standard InChI is InChI=1S/C8H14N2O2S/c1-7(2,3)13(11)10-8(4-9)5-12-6-8/h10H,5-6H2,1-3H3/t13-/m0/s1. The van der Waals surface area contributed by atoms with Crippen molar-refractivity contribution in [1.82, 2.24) is 4.72 Å². The van der Waals surface area contributed by atoms with Crippen LogP contribution in [0.1, 0.15) is 20.8 Å². The molecule has 1 fully saturated rings. The molecule has 1 rings (SSSR count). The Labute approximate surface area is 81.6 Å². The lowest BCUT2D eigenvalue weighted by Crippen LogP contribution is -2.63. The summed E-state index contributed by atoms with van der Waals surface area (Å²) in [6, 6.07) is 2.09. The fourth-order valence-electron chi connectivity index (χ4n) is 0.783. The van der Waals surface area contributed by atoms with Crippen molar-refractivity contribution in [2.24, 2.45) is 0 Å². The van der Waals surface area contributed by atoms with Gasteiger partial charge < -0.3 is 9.29 Å². The highest BCUT2D eigenvalue weighted by Crippen LogP contribution is 2.21. The molecule has 0 amide bonds. The molecule has 0 aromatic heterocycles. The normalized spacial score (nSPS) is 23.0. The van der Waals surface area contributed by atoms with E-state index in [-0.39, 0.29) is 4.75 Å². The van der Waals surface area contributed by atoms with Crippen molar-refractivity contribution in [3.8, 4) is 6.07 Å². The van der Waals surface area contributed by atoms with Crippen LogP contribution in [-0.2, 0) is 16.1 Å². The molecule has 1 aliphatic rings. The molecule has 0 aromatic rings. The lowest BCUT2D eigenvalue weighted by molar-refractivity contribution is -0.0326. The van der Waals surface area contributed by atoms with E-state index < -0.39 is 16.9 Å². The first-order valence-electron chi connectivity index (χ1n) is 4.08. The number of nitrogens with zero attached hydrogens (tertiary/aromatic N) is 1. The molecular weight excluding hydrogens is 188 g/mol. The molecule has 0 saturated carbocycles. The Hall–Kier alpha value is -0.280. The van der Waals surface area contributed by atoms with E-state index in [1.807, 2.05) is 20.8 Å². The minimum absolute atomic E-state index is 0.325. The smallest absolute Gasteiger partial charge is 0.195 e. The second-order valence-electron chi connectivity index (χ2n) is 4.17. The molecule has 1 N–H and O–H groups in total. The molecule has 1 aliphatic heterocycles. The molecule has 74 valence electrons. The summed E-state index contributed by atoms with van der Waals surface area (Å²) >= 11 is -1.21. The molecule has 0 aliphatic carbocycles. The first kappa shape index (κ1) is 10.8. The molecule has 1 saturated heterocycles. The second-order valence-corrected chi connectivity index (χ2v) is 6.14. The van der Waals surface area contributed by atoms with Gasteiger partial charge in [-0.1, -0.05) is 0 Å². The number of ether oxygens (including phenoxy) is 1. The molecule has 13 heavy (non-hydrogen) atoms. The summed E-state index contributed by atoms with van der Waals surface area (Å²) in [4.78, 5) is 0. The topological polar surface area (TPSA) is 68.1 Å². The van der Waals surface area contributed by atoms with Crippen LogP contribution in [0.2, 0.25) is 0 Å². The molecule has 0 aromatic carbocycles. The van der Waals surface area contributed by atoms with E-state index in [2.05, 4.69) is 10.8 Å². The highest BCUT2D eigenvalue weighted by molar-refractivity contribution is 7.90. The molecule has 1 heterocycles. The Morgan fingerprint density at radius 2 is 2.08 bits per heavy atom. The van der Waals surface area contributed by atoms with Crippen LogP contribution < -0.4 is 4.72 Å². The summed E-state index contributed by atoms with van der Waals surface area (Å²) in [6.07, 6.45) is 0. The Balaban J connectivity index is 2.53. The van der Waals surface area contributed by atoms with Crippen LogP contribution in [-0.4, -0.2) is 28.1 Å². The summed E-state index contributed by atoms with van der Waals surface area (Å²) in [5.41, 5.74) is -0.724. The van der Waals surface area contributed by atoms with Crippen molar-refractivity contribution < 1.29 is 9.29 Å². The third-order valence-corrected chi connectivity index (χ3v) is 3.44. The maximum atomic E-state index is 11.6. The Kier molecular flexibility index (Phi) is 2.88. The van der Waals surface area contributed by atoms with Crippen molar-refractivity contribution in [3.05, 3.63) is 0 Å². The van der Waals surface area contributed by atoms with Gasteiger partial charge in [0.15, 0.2) is 5.54 Å². The van der Waals surface area contributed by atoms with Gasteiger partial charge in [-0.2, -0.15) is 5.26 Å². The van der Waals surface area contributed by atoms with Gasteiger partial charge in [0, 0.05) is 11.4 Å². The lowest BCUT2D eigenvalue weighted by atomic mass is 10.0. The Bertz CT molecular complexity index is 227. The summed E-state index contributed by atoms with van der Waals surface area (Å²) in [5.74, 6) is 0. The highest BCUT2D eigenvalue weighted by Gasteiger charge is 2.45. The number of nitriles is 1. The van der Waals surface area contributed by atoms with E-state index >= 15 is 0 Å². The first-order chi connectivity index (χ1) is 5.90. The van der Waals surface area contributed by atoms with Gasteiger partial charge in [-0.25, -0.2) is 0 Å². The largest absolute Gasteiger partial charge is 0.598 e. The third-order valence-electron chi connectivity index (χ3n) is 1.76. The van der Waals surface area contributed by atoms with Gasteiger partial charge in [-0.15, -0.1) is 4.72 Å². The number of hydrogen-bond donors (Lipinski definition) is 1. The Morgan fingerprint density at radius 3 is 2.31 bits per heavy atom. The van der Waals surface area contributed by atoms with Gasteiger partial charge >= 0.3 is 0 Å². The molecule has 0 unspecified atom stereocenters. The van der Waals surface area contributed by atoms with Crippen LogP contribution in [0.4, 0.5) is 0 Å². The molecule has 0 radical (unpaired) electrons. The van der Waals surface area contributed by atoms with E-state index in [4.69, 9.17) is 10.00 Å². The minimum Gasteiger partial charge on any atom is -0.598 e. The number of hydrogen-bond acceptors (Lipinski definition) is 4. The van der Waals surface area contributed by atoms with Crippen LogP contribution in [0.25, 0.3) is 0 Å². The second kappa shape index (κ2) is 3.46. The monoisotopic (exact) mass is 202 g/mol. The molecule has 0 spiro atoms. The van der Waals surface area contributed by atoms with Gasteiger partial charge in [0.25, 0.3) is 0 Å². The van der Waals surface area contributed by atoms with Gasteiger partial charge in [0.05, 0.1) is 19.3 Å². The quantitative estimate of drug-likeness (QED) is 0.655. The van der Waals surface area contributed by atoms with E-state index in [1.54, 1.807) is 0 Å². The van der Waals surface area contributed by atoms with E-state index in [0.717, 1.165) is 0 Å². The fourth-order valence-corrected chi connectivity index (χ4v) is 1.61. The first-order valence-corrected chi connectivity index (χ1v) is 5.23. The molecular formula is C8H14N2O2S. The van der Waals surface area contributed by atoms with Crippen molar-refractivity contribution in [2.45, 2.75) is 31.1 Å². The average Bonchev–Trinajstić information content (AvgIpc) is 1.94. The van der Waals surface area contributed by atoms with Crippen LogP contribution in [0.5, 0.6) is 0 Å². The van der Waals surface area contributed by atoms with Gasteiger partial charge in [0.2, 0.25) is 0 Å². The summed E-state index contributed by atoms with van der Waals surface area (Å²) in [6.45, 7) is 6.23. The van der Waals surface area contributed by atoms with Crippen molar-refractivity contribution in [2.75, 3.05) is 13.2 Å². The third kappa shape index (κ3) is 2.35. The number of rotatable bonds is 2. The van der Waals surface area contributed by atoms with Crippen molar-refractivity contribution in [3.63, 3.8) is 0 Å².